The molecule has 3 heterocycles. The Balaban J connectivity index is 1.38. The van der Waals surface area contributed by atoms with Gasteiger partial charge >= 0.3 is 6.03 Å². The molecule has 0 bridgehead atoms. The minimum Gasteiger partial charge on any atom is -0.461 e. The lowest BCUT2D eigenvalue weighted by molar-refractivity contribution is 0.155. The number of amides is 2. The van der Waals surface area contributed by atoms with Gasteiger partial charge in [-0.05, 0) is 44.2 Å². The molecule has 7 nitrogen and oxygen atoms in total. The maximum atomic E-state index is 12.7. The fourth-order valence-electron chi connectivity index (χ4n) is 4.20. The molecule has 1 aliphatic heterocycles. The average Bonchev–Trinajstić information content (AvgIpc) is 3.31. The molecule has 2 fully saturated rings. The molecule has 0 unspecified atom stereocenters. The largest absolute Gasteiger partial charge is 0.461 e. The van der Waals surface area contributed by atoms with E-state index in [4.69, 9.17) is 4.42 Å². The minimum absolute atomic E-state index is 0.00727. The highest BCUT2D eigenvalue weighted by Gasteiger charge is 2.42. The number of urea groups is 1. The van der Waals surface area contributed by atoms with Crippen molar-refractivity contribution in [3.8, 4) is 11.6 Å². The molecule has 4 rings (SSSR count). The normalized spacial score (nSPS) is 26.4. The number of aromatic nitrogens is 3. The third kappa shape index (κ3) is 2.79. The molecule has 24 heavy (non-hydrogen) atoms. The highest BCUT2D eigenvalue weighted by Crippen LogP contribution is 2.39. The van der Waals surface area contributed by atoms with E-state index >= 15 is 0 Å². The fraction of sp³-hybridized carbons (Fsp3) is 0.588. The van der Waals surface area contributed by atoms with Crippen LogP contribution < -0.4 is 5.32 Å². The maximum Gasteiger partial charge on any atom is 0.318 e. The third-order valence-corrected chi connectivity index (χ3v) is 5.26. The predicted molar refractivity (Wildman–Crippen MR) is 88.0 cm³/mol. The van der Waals surface area contributed by atoms with Crippen molar-refractivity contribution in [2.24, 2.45) is 5.92 Å². The molecule has 0 spiro atoms. The van der Waals surface area contributed by atoms with Gasteiger partial charge in [0.05, 0.1) is 12.8 Å². The highest BCUT2D eigenvalue weighted by molar-refractivity contribution is 5.75. The molecule has 0 radical (unpaired) electrons. The first-order valence-corrected chi connectivity index (χ1v) is 8.73. The Hall–Kier alpha value is -2.31. The number of aromatic amines is 1. The third-order valence-electron chi connectivity index (χ3n) is 5.26. The summed E-state index contributed by atoms with van der Waals surface area (Å²) in [7, 11) is 0. The Morgan fingerprint density at radius 1 is 1.46 bits per heavy atom. The second-order valence-electron chi connectivity index (χ2n) is 6.85. The van der Waals surface area contributed by atoms with Crippen molar-refractivity contribution in [1.82, 2.24) is 25.4 Å². The molecule has 0 aromatic carbocycles. The zero-order valence-electron chi connectivity index (χ0n) is 13.9. The predicted octanol–water partition coefficient (Wildman–Crippen LogP) is 2.93. The lowest BCUT2D eigenvalue weighted by Gasteiger charge is -2.33. The average molecular weight is 329 g/mol. The van der Waals surface area contributed by atoms with E-state index in [0.29, 0.717) is 42.0 Å². The molecular weight excluding hydrogens is 306 g/mol. The molecule has 1 aliphatic carbocycles. The second kappa shape index (κ2) is 6.30. The summed E-state index contributed by atoms with van der Waals surface area (Å²) in [5.41, 5.74) is 0. The van der Waals surface area contributed by atoms with E-state index in [9.17, 15) is 4.79 Å². The van der Waals surface area contributed by atoms with Crippen molar-refractivity contribution in [1.29, 1.82) is 0 Å². The number of nitrogens with one attached hydrogen (secondary N) is 2. The number of carbonyl (C=O) groups is 1. The van der Waals surface area contributed by atoms with E-state index in [1.54, 1.807) is 18.4 Å². The number of fused-ring (bicyclic) bond motifs is 1. The number of nitrogens with zero attached hydrogens (tertiary/aromatic N) is 3. The van der Waals surface area contributed by atoms with Crippen molar-refractivity contribution < 1.29 is 9.21 Å². The van der Waals surface area contributed by atoms with Crippen molar-refractivity contribution in [3.05, 3.63) is 24.2 Å². The molecule has 2 aromatic rings. The molecule has 1 saturated heterocycles. The molecule has 2 aromatic heterocycles. The molecular formula is C17H23N5O2. The van der Waals surface area contributed by atoms with E-state index in [1.807, 2.05) is 4.90 Å². The van der Waals surface area contributed by atoms with Crippen molar-refractivity contribution in [3.63, 3.8) is 0 Å². The summed E-state index contributed by atoms with van der Waals surface area (Å²) >= 11 is 0. The van der Waals surface area contributed by atoms with Crippen LogP contribution in [0, 0.1) is 5.92 Å². The molecule has 7 heteroatoms. The zero-order valence-corrected chi connectivity index (χ0v) is 13.9. The Morgan fingerprint density at radius 3 is 3.17 bits per heavy atom. The summed E-state index contributed by atoms with van der Waals surface area (Å²) in [6.45, 7) is 2.49. The van der Waals surface area contributed by atoms with E-state index < -0.39 is 0 Å². The van der Waals surface area contributed by atoms with Crippen molar-refractivity contribution in [2.45, 2.75) is 57.7 Å². The van der Waals surface area contributed by atoms with Crippen LogP contribution in [-0.2, 0) is 6.54 Å². The van der Waals surface area contributed by atoms with Gasteiger partial charge in [-0.25, -0.2) is 9.78 Å². The molecule has 3 atom stereocenters. The van der Waals surface area contributed by atoms with Gasteiger partial charge in [0.25, 0.3) is 0 Å². The van der Waals surface area contributed by atoms with Crippen LogP contribution in [0.25, 0.3) is 11.6 Å². The molecule has 2 aliphatic rings. The number of furan rings is 1. The second-order valence-corrected chi connectivity index (χ2v) is 6.85. The highest BCUT2D eigenvalue weighted by atomic mass is 16.3. The van der Waals surface area contributed by atoms with E-state index in [-0.39, 0.29) is 6.03 Å². The van der Waals surface area contributed by atoms with Gasteiger partial charge < -0.3 is 14.6 Å². The van der Waals surface area contributed by atoms with Crippen LogP contribution in [0.1, 0.15) is 44.9 Å². The molecule has 2 amide bonds. The number of hydrogen-bond acceptors (Lipinski definition) is 4. The Kier molecular flexibility index (Phi) is 4.00. The summed E-state index contributed by atoms with van der Waals surface area (Å²) in [5.74, 6) is 2.42. The summed E-state index contributed by atoms with van der Waals surface area (Å²) in [4.78, 5) is 19.1. The number of likely N-dealkylation sites (tertiary alicyclic amines) is 1. The monoisotopic (exact) mass is 329 g/mol. The smallest absolute Gasteiger partial charge is 0.318 e. The topological polar surface area (TPSA) is 87.1 Å². The fourth-order valence-corrected chi connectivity index (χ4v) is 4.20. The van der Waals surface area contributed by atoms with Gasteiger partial charge in [0.2, 0.25) is 5.82 Å². The van der Waals surface area contributed by atoms with E-state index in [1.165, 1.54) is 19.3 Å². The first-order valence-electron chi connectivity index (χ1n) is 8.73. The standard InChI is InChI=1S/C17H23N5O2/c1-11-9-12-5-2-3-6-13(12)22(11)17(23)18-10-15-19-16(21-20-15)14-7-4-8-24-14/h4,7-8,11-13H,2-3,5-6,9-10H2,1H3,(H,18,23)(H,19,20,21)/t11-,12+,13-/m1/s1. The van der Waals surface area contributed by atoms with Crippen LogP contribution in [0.2, 0.25) is 0 Å². The van der Waals surface area contributed by atoms with Crippen LogP contribution in [0.4, 0.5) is 4.79 Å². The quantitative estimate of drug-likeness (QED) is 0.906. The summed E-state index contributed by atoms with van der Waals surface area (Å²) in [5, 5.41) is 9.96. The van der Waals surface area contributed by atoms with E-state index in [2.05, 4.69) is 27.4 Å². The zero-order chi connectivity index (χ0) is 16.5. The minimum atomic E-state index is 0.00727. The SMILES string of the molecule is C[C@@H]1C[C@@H]2CCCC[C@H]2N1C(=O)NCc1nc(-c2ccco2)n[nH]1. The van der Waals surface area contributed by atoms with Gasteiger partial charge in [-0.15, -0.1) is 5.10 Å². The van der Waals surface area contributed by atoms with Crippen LogP contribution in [0.15, 0.2) is 22.8 Å². The van der Waals surface area contributed by atoms with Crippen LogP contribution in [0.3, 0.4) is 0 Å². The molecule has 128 valence electrons. The lowest BCUT2D eigenvalue weighted by atomic mass is 9.85. The molecule has 1 saturated carbocycles. The van der Waals surface area contributed by atoms with Gasteiger partial charge in [-0.1, -0.05) is 12.8 Å². The van der Waals surface area contributed by atoms with Crippen molar-refractivity contribution in [2.75, 3.05) is 0 Å². The first-order chi connectivity index (χ1) is 11.7. The van der Waals surface area contributed by atoms with Gasteiger partial charge in [-0.2, -0.15) is 0 Å². The summed E-state index contributed by atoms with van der Waals surface area (Å²) in [6.07, 6.45) is 7.63. The molecule has 2 N–H and O–H groups in total. The van der Waals surface area contributed by atoms with Gasteiger partial charge in [0.15, 0.2) is 5.76 Å². The van der Waals surface area contributed by atoms with Gasteiger partial charge in [-0.3, -0.25) is 5.10 Å². The van der Waals surface area contributed by atoms with Crippen LogP contribution >= 0.6 is 0 Å². The Morgan fingerprint density at radius 2 is 2.33 bits per heavy atom. The number of rotatable bonds is 3. The number of hydrogen-bond donors (Lipinski definition) is 2. The lowest BCUT2D eigenvalue weighted by Crippen LogP contribution is -2.47. The Bertz CT molecular complexity index is 696. The Labute approximate surface area is 140 Å². The summed E-state index contributed by atoms with van der Waals surface area (Å²) < 4.78 is 5.27. The van der Waals surface area contributed by atoms with Crippen LogP contribution in [-0.4, -0.2) is 38.2 Å². The van der Waals surface area contributed by atoms with Crippen LogP contribution in [0.5, 0.6) is 0 Å². The first kappa shape index (κ1) is 15.2. The maximum absolute atomic E-state index is 12.7. The van der Waals surface area contributed by atoms with Gasteiger partial charge in [0, 0.05) is 12.1 Å². The van der Waals surface area contributed by atoms with Crippen molar-refractivity contribution >= 4 is 6.03 Å². The van der Waals surface area contributed by atoms with E-state index in [0.717, 1.165) is 12.8 Å². The van der Waals surface area contributed by atoms with Gasteiger partial charge in [0.1, 0.15) is 5.82 Å². The number of H-pyrrole nitrogens is 1. The summed E-state index contributed by atoms with van der Waals surface area (Å²) in [6, 6.07) is 4.32. The number of carbonyl (C=O) groups excluding carboxylic acids is 1.